The van der Waals surface area contributed by atoms with Gasteiger partial charge in [-0.25, -0.2) is 0 Å². The Bertz CT molecular complexity index is 1090. The van der Waals surface area contributed by atoms with Crippen molar-refractivity contribution in [1.82, 2.24) is 29.4 Å². The molecule has 0 amide bonds. The van der Waals surface area contributed by atoms with Gasteiger partial charge >= 0.3 is 0 Å². The summed E-state index contributed by atoms with van der Waals surface area (Å²) in [6.07, 6.45) is 1.53. The molecule has 0 aliphatic carbocycles. The number of aromatic nitrogens is 4. The van der Waals surface area contributed by atoms with E-state index < -0.39 is 0 Å². The fourth-order valence-electron chi connectivity index (χ4n) is 4.53. The molecule has 1 N–H and O–H groups in total. The number of nitrogens with one attached hydrogen (secondary N) is 1. The molecule has 170 valence electrons. The van der Waals surface area contributed by atoms with Crippen LogP contribution in [0.4, 0.5) is 11.6 Å². The molecule has 10 heteroatoms. The monoisotopic (exact) mass is 474 g/mol. The van der Waals surface area contributed by atoms with E-state index >= 15 is 0 Å². The molecule has 1 aromatic carbocycles. The van der Waals surface area contributed by atoms with Crippen LogP contribution >= 0.6 is 23.2 Å². The molecule has 0 bridgehead atoms. The second kappa shape index (κ2) is 9.02. The normalized spacial score (nSPS) is 19.3. The van der Waals surface area contributed by atoms with E-state index in [1.165, 1.54) is 6.33 Å². The van der Waals surface area contributed by atoms with Crippen molar-refractivity contribution < 1.29 is 0 Å². The fourth-order valence-corrected chi connectivity index (χ4v) is 5.11. The average Bonchev–Trinajstić information content (AvgIpc) is 3.22. The lowest BCUT2D eigenvalue weighted by Crippen LogP contribution is -2.63. The van der Waals surface area contributed by atoms with Crippen molar-refractivity contribution in [3.05, 3.63) is 46.2 Å². The van der Waals surface area contributed by atoms with E-state index in [1.807, 2.05) is 18.2 Å². The molecule has 2 aliphatic rings. The smallest absolute Gasteiger partial charge is 0.256 e. The van der Waals surface area contributed by atoms with Gasteiger partial charge in [-0.15, -0.1) is 0 Å². The van der Waals surface area contributed by atoms with Gasteiger partial charge in [-0.05, 0) is 31.2 Å². The zero-order chi connectivity index (χ0) is 22.2. The van der Waals surface area contributed by atoms with Crippen LogP contribution in [-0.2, 0) is 0 Å². The van der Waals surface area contributed by atoms with Gasteiger partial charge < -0.3 is 15.1 Å². The van der Waals surface area contributed by atoms with Gasteiger partial charge in [0, 0.05) is 61.4 Å². The molecule has 0 saturated carbocycles. The van der Waals surface area contributed by atoms with Gasteiger partial charge in [-0.3, -0.25) is 4.90 Å². The van der Waals surface area contributed by atoms with Crippen molar-refractivity contribution in [1.29, 1.82) is 0 Å². The Morgan fingerprint density at radius 3 is 2.62 bits per heavy atom. The van der Waals surface area contributed by atoms with Crippen LogP contribution in [-0.4, -0.2) is 81.2 Å². The van der Waals surface area contributed by atoms with Crippen LogP contribution < -0.4 is 10.2 Å². The second-order valence-electron chi connectivity index (χ2n) is 8.53. The minimum Gasteiger partial charge on any atom is -0.363 e. The summed E-state index contributed by atoms with van der Waals surface area (Å²) in [5.74, 6) is 2.34. The first-order valence-electron chi connectivity index (χ1n) is 11.2. The molecule has 2 aromatic heterocycles. The maximum Gasteiger partial charge on any atom is 0.256 e. The Labute approximate surface area is 198 Å². The van der Waals surface area contributed by atoms with E-state index in [0.29, 0.717) is 21.9 Å². The Hall–Kier alpha value is -2.13. The van der Waals surface area contributed by atoms with E-state index in [0.717, 1.165) is 63.0 Å². The van der Waals surface area contributed by atoms with E-state index in [2.05, 4.69) is 43.9 Å². The predicted molar refractivity (Wildman–Crippen MR) is 129 cm³/mol. The topological polar surface area (TPSA) is 64.8 Å². The lowest BCUT2D eigenvalue weighted by Gasteiger charge is -2.48. The van der Waals surface area contributed by atoms with Gasteiger partial charge in [0.25, 0.3) is 5.78 Å². The standard InChI is InChI=1S/C22H28Cl2N8/c1-3-29-6-8-30(9-7-29)17-12-31(13-17)20-11-21(32-22(28-20)25-14-26-32)27-15(2)18-5-4-16(23)10-19(18)24/h4-5,10-11,14-15,17,27H,3,6-9,12-13H2,1-2H3/t15-/m1/s1. The number of hydrogen-bond donors (Lipinski definition) is 1. The van der Waals surface area contributed by atoms with Gasteiger partial charge in [0.1, 0.15) is 18.0 Å². The van der Waals surface area contributed by atoms with Crippen LogP contribution in [0.2, 0.25) is 10.0 Å². The van der Waals surface area contributed by atoms with Crippen molar-refractivity contribution in [2.24, 2.45) is 0 Å². The summed E-state index contributed by atoms with van der Waals surface area (Å²) in [5, 5.41) is 9.13. The largest absolute Gasteiger partial charge is 0.363 e. The number of hydrogen-bond acceptors (Lipinski definition) is 7. The number of likely N-dealkylation sites (N-methyl/N-ethyl adjacent to an activating group) is 1. The summed E-state index contributed by atoms with van der Waals surface area (Å²) in [7, 11) is 0. The summed E-state index contributed by atoms with van der Waals surface area (Å²) in [6, 6.07) is 8.16. The number of benzene rings is 1. The fraction of sp³-hybridized carbons (Fsp3) is 0.500. The first-order valence-corrected chi connectivity index (χ1v) is 11.9. The maximum absolute atomic E-state index is 6.42. The van der Waals surface area contributed by atoms with Crippen molar-refractivity contribution in [3.63, 3.8) is 0 Å². The molecule has 8 nitrogen and oxygen atoms in total. The van der Waals surface area contributed by atoms with Gasteiger partial charge in [0.15, 0.2) is 0 Å². The van der Waals surface area contributed by atoms with Gasteiger partial charge in [-0.2, -0.15) is 19.6 Å². The molecule has 32 heavy (non-hydrogen) atoms. The Morgan fingerprint density at radius 1 is 1.12 bits per heavy atom. The van der Waals surface area contributed by atoms with Crippen molar-refractivity contribution in [2.75, 3.05) is 56.0 Å². The zero-order valence-corrected chi connectivity index (χ0v) is 19.9. The third-order valence-electron chi connectivity index (χ3n) is 6.59. The first-order chi connectivity index (χ1) is 15.5. The number of fused-ring (bicyclic) bond motifs is 1. The molecule has 0 spiro atoms. The second-order valence-corrected chi connectivity index (χ2v) is 9.38. The minimum absolute atomic E-state index is 0.0404. The molecule has 4 heterocycles. The van der Waals surface area contributed by atoms with Gasteiger partial charge in [0.2, 0.25) is 0 Å². The number of piperazine rings is 1. The summed E-state index contributed by atoms with van der Waals surface area (Å²) in [4.78, 5) is 16.5. The summed E-state index contributed by atoms with van der Waals surface area (Å²) in [6.45, 7) is 12.0. The zero-order valence-electron chi connectivity index (χ0n) is 18.4. The number of anilines is 2. The Kier molecular flexibility index (Phi) is 6.11. The molecule has 5 rings (SSSR count). The highest BCUT2D eigenvalue weighted by Gasteiger charge is 2.34. The summed E-state index contributed by atoms with van der Waals surface area (Å²) >= 11 is 12.5. The van der Waals surface area contributed by atoms with E-state index in [9.17, 15) is 0 Å². The minimum atomic E-state index is -0.0404. The van der Waals surface area contributed by atoms with Crippen LogP contribution in [0.3, 0.4) is 0 Å². The highest BCUT2D eigenvalue weighted by molar-refractivity contribution is 6.35. The maximum atomic E-state index is 6.42. The third kappa shape index (κ3) is 4.24. The number of halogens is 2. The molecular weight excluding hydrogens is 447 g/mol. The molecule has 0 unspecified atom stereocenters. The SMILES string of the molecule is CCN1CCN(C2CN(c3cc(N[C@H](C)c4ccc(Cl)cc4Cl)n4ncnc4n3)C2)CC1. The Morgan fingerprint density at radius 2 is 1.91 bits per heavy atom. The van der Waals surface area contributed by atoms with Crippen LogP contribution in [0, 0.1) is 0 Å². The average molecular weight is 475 g/mol. The predicted octanol–water partition coefficient (Wildman–Crippen LogP) is 3.43. The van der Waals surface area contributed by atoms with Gasteiger partial charge in [-0.1, -0.05) is 36.2 Å². The molecule has 1 atom stereocenters. The highest BCUT2D eigenvalue weighted by Crippen LogP contribution is 2.30. The van der Waals surface area contributed by atoms with Crippen molar-refractivity contribution >= 4 is 40.6 Å². The van der Waals surface area contributed by atoms with Gasteiger partial charge in [0.05, 0.1) is 6.04 Å². The van der Waals surface area contributed by atoms with Crippen LogP contribution in [0.1, 0.15) is 25.5 Å². The molecule has 0 radical (unpaired) electrons. The van der Waals surface area contributed by atoms with Crippen molar-refractivity contribution in [2.45, 2.75) is 25.9 Å². The van der Waals surface area contributed by atoms with E-state index in [1.54, 1.807) is 10.6 Å². The molecular formula is C22H28Cl2N8. The van der Waals surface area contributed by atoms with Crippen LogP contribution in [0.15, 0.2) is 30.6 Å². The lowest BCUT2D eigenvalue weighted by molar-refractivity contribution is 0.0859. The van der Waals surface area contributed by atoms with Crippen molar-refractivity contribution in [3.8, 4) is 0 Å². The molecule has 2 fully saturated rings. The third-order valence-corrected chi connectivity index (χ3v) is 7.15. The summed E-state index contributed by atoms with van der Waals surface area (Å²) in [5.41, 5.74) is 0.970. The van der Waals surface area contributed by atoms with E-state index in [4.69, 9.17) is 28.2 Å². The lowest BCUT2D eigenvalue weighted by atomic mass is 10.1. The van der Waals surface area contributed by atoms with Crippen LogP contribution in [0.25, 0.3) is 5.78 Å². The highest BCUT2D eigenvalue weighted by atomic mass is 35.5. The van der Waals surface area contributed by atoms with Crippen LogP contribution in [0.5, 0.6) is 0 Å². The number of rotatable bonds is 6. The van der Waals surface area contributed by atoms with E-state index in [-0.39, 0.29) is 6.04 Å². The molecule has 2 aliphatic heterocycles. The number of nitrogens with zero attached hydrogens (tertiary/aromatic N) is 7. The first kappa shape index (κ1) is 21.7. The quantitative estimate of drug-likeness (QED) is 0.586. The Balaban J connectivity index is 1.31. The molecule has 2 saturated heterocycles. The summed E-state index contributed by atoms with van der Waals surface area (Å²) < 4.78 is 1.73. The molecule has 3 aromatic rings.